The van der Waals surface area contributed by atoms with Gasteiger partial charge in [-0.25, -0.2) is 13.2 Å². The van der Waals surface area contributed by atoms with Crippen LogP contribution in [0.25, 0.3) is 0 Å². The van der Waals surface area contributed by atoms with Gasteiger partial charge in [0.25, 0.3) is 5.91 Å². The van der Waals surface area contributed by atoms with Gasteiger partial charge in [0, 0.05) is 29.7 Å². The number of carbonyl (C=O) groups excluding carboxylic acids is 2. The van der Waals surface area contributed by atoms with Gasteiger partial charge in [-0.2, -0.15) is 0 Å². The highest BCUT2D eigenvalue weighted by Gasteiger charge is 2.08. The fraction of sp³-hybridized carbons (Fsp3) is 0.125. The van der Waals surface area contributed by atoms with Crippen molar-refractivity contribution in [3.63, 3.8) is 0 Å². The van der Waals surface area contributed by atoms with Gasteiger partial charge in [-0.1, -0.05) is 0 Å². The number of nitrogens with one attached hydrogen (secondary N) is 4. The van der Waals surface area contributed by atoms with E-state index in [1.165, 1.54) is 31.3 Å². The molecule has 0 atom stereocenters. The molecule has 0 aliphatic heterocycles. The molecule has 0 aliphatic rings. The summed E-state index contributed by atoms with van der Waals surface area (Å²) in [6.07, 6.45) is 1.05. The monoisotopic (exact) mass is 362 g/mol. The Kier molecular flexibility index (Phi) is 5.60. The van der Waals surface area contributed by atoms with Gasteiger partial charge in [0.15, 0.2) is 0 Å². The molecule has 0 aromatic heterocycles. The molecule has 0 bridgehead atoms. The number of hydrogen-bond donors (Lipinski definition) is 4. The highest BCUT2D eigenvalue weighted by molar-refractivity contribution is 7.92. The van der Waals surface area contributed by atoms with Crippen LogP contribution < -0.4 is 20.7 Å². The Morgan fingerprint density at radius 1 is 0.800 bits per heavy atom. The minimum absolute atomic E-state index is 0.334. The molecule has 2 aromatic rings. The zero-order chi connectivity index (χ0) is 18.4. The highest BCUT2D eigenvalue weighted by Crippen LogP contribution is 2.16. The standard InChI is InChI=1S/C16H18N4O4S/c1-17-16(22)19-13-9-7-12(8-10-13)18-15(21)11-3-5-14(6-4-11)20-25(2,23)24/h3-10,20H,1-2H3,(H,18,21)(H2,17,19,22). The van der Waals surface area contributed by atoms with E-state index < -0.39 is 10.0 Å². The molecule has 25 heavy (non-hydrogen) atoms. The Bertz CT molecular complexity index is 862. The summed E-state index contributed by atoms with van der Waals surface area (Å²) >= 11 is 0. The topological polar surface area (TPSA) is 116 Å². The van der Waals surface area contributed by atoms with E-state index in [1.807, 2.05) is 0 Å². The van der Waals surface area contributed by atoms with Crippen molar-refractivity contribution in [3.05, 3.63) is 54.1 Å². The normalized spacial score (nSPS) is 10.6. The largest absolute Gasteiger partial charge is 0.341 e. The molecular weight excluding hydrogens is 344 g/mol. The number of amides is 3. The predicted octanol–water partition coefficient (Wildman–Crippen LogP) is 2.06. The molecule has 0 heterocycles. The van der Waals surface area contributed by atoms with Crippen molar-refractivity contribution in [1.82, 2.24) is 5.32 Å². The molecule has 0 fully saturated rings. The van der Waals surface area contributed by atoms with Gasteiger partial charge < -0.3 is 16.0 Å². The molecule has 0 saturated heterocycles. The van der Waals surface area contributed by atoms with Crippen LogP contribution in [0.1, 0.15) is 10.4 Å². The summed E-state index contributed by atoms with van der Waals surface area (Å²) in [5.74, 6) is -0.335. The van der Waals surface area contributed by atoms with E-state index in [0.29, 0.717) is 22.6 Å². The highest BCUT2D eigenvalue weighted by atomic mass is 32.2. The third kappa shape index (κ3) is 5.81. The minimum Gasteiger partial charge on any atom is -0.341 e. The number of sulfonamides is 1. The van der Waals surface area contributed by atoms with Crippen LogP contribution in [0, 0.1) is 0 Å². The number of hydrogen-bond acceptors (Lipinski definition) is 4. The van der Waals surface area contributed by atoms with Crippen molar-refractivity contribution in [3.8, 4) is 0 Å². The van der Waals surface area contributed by atoms with Crippen LogP contribution in [0.15, 0.2) is 48.5 Å². The van der Waals surface area contributed by atoms with E-state index in [-0.39, 0.29) is 11.9 Å². The van der Waals surface area contributed by atoms with Gasteiger partial charge in [0.1, 0.15) is 0 Å². The van der Waals surface area contributed by atoms with Gasteiger partial charge >= 0.3 is 6.03 Å². The molecule has 0 spiro atoms. The molecule has 9 heteroatoms. The van der Waals surface area contributed by atoms with Gasteiger partial charge in [-0.05, 0) is 48.5 Å². The number of benzene rings is 2. The summed E-state index contributed by atoms with van der Waals surface area (Å²) in [6, 6.07) is 12.3. The SMILES string of the molecule is CNC(=O)Nc1ccc(NC(=O)c2ccc(NS(C)(=O)=O)cc2)cc1. The first kappa shape index (κ1) is 18.3. The summed E-state index contributed by atoms with van der Waals surface area (Å²) in [5, 5.41) is 7.76. The van der Waals surface area contributed by atoms with Gasteiger partial charge in [0.2, 0.25) is 10.0 Å². The van der Waals surface area contributed by atoms with Crippen LogP contribution in [0.3, 0.4) is 0 Å². The molecule has 8 nitrogen and oxygen atoms in total. The first-order valence-corrected chi connectivity index (χ1v) is 9.14. The summed E-state index contributed by atoms with van der Waals surface area (Å²) in [6.45, 7) is 0. The van der Waals surface area contributed by atoms with E-state index in [9.17, 15) is 18.0 Å². The van der Waals surface area contributed by atoms with Gasteiger partial charge in [-0.3, -0.25) is 9.52 Å². The van der Waals surface area contributed by atoms with Crippen LogP contribution in [0.4, 0.5) is 21.9 Å². The van der Waals surface area contributed by atoms with E-state index in [4.69, 9.17) is 0 Å². The second kappa shape index (κ2) is 7.67. The molecule has 2 aromatic carbocycles. The molecule has 3 amide bonds. The number of urea groups is 1. The summed E-state index contributed by atoms with van der Waals surface area (Å²) < 4.78 is 24.6. The molecule has 0 aliphatic carbocycles. The van der Waals surface area contributed by atoms with Gasteiger partial charge in [-0.15, -0.1) is 0 Å². The van der Waals surface area contributed by atoms with Crippen molar-refractivity contribution in [2.45, 2.75) is 0 Å². The van der Waals surface area contributed by atoms with E-state index in [1.54, 1.807) is 24.3 Å². The van der Waals surface area contributed by atoms with Crippen LogP contribution in [-0.4, -0.2) is 33.7 Å². The lowest BCUT2D eigenvalue weighted by Crippen LogP contribution is -2.24. The second-order valence-electron chi connectivity index (χ2n) is 5.19. The van der Waals surface area contributed by atoms with Crippen LogP contribution in [-0.2, 0) is 10.0 Å². The fourth-order valence-corrected chi connectivity index (χ4v) is 2.50. The lowest BCUT2D eigenvalue weighted by atomic mass is 10.2. The maximum absolute atomic E-state index is 12.2. The molecule has 4 N–H and O–H groups in total. The molecule has 0 unspecified atom stereocenters. The van der Waals surface area contributed by atoms with E-state index >= 15 is 0 Å². The summed E-state index contributed by atoms with van der Waals surface area (Å²) in [5.41, 5.74) is 1.91. The van der Waals surface area contributed by atoms with Crippen molar-refractivity contribution >= 4 is 39.0 Å². The maximum Gasteiger partial charge on any atom is 0.318 e. The molecule has 132 valence electrons. The second-order valence-corrected chi connectivity index (χ2v) is 6.94. The summed E-state index contributed by atoms with van der Waals surface area (Å²) in [4.78, 5) is 23.4. The van der Waals surface area contributed by atoms with Crippen LogP contribution >= 0.6 is 0 Å². The van der Waals surface area contributed by atoms with Crippen molar-refractivity contribution in [1.29, 1.82) is 0 Å². The number of anilines is 3. The predicted molar refractivity (Wildman–Crippen MR) is 97.4 cm³/mol. The van der Waals surface area contributed by atoms with Crippen molar-refractivity contribution in [2.24, 2.45) is 0 Å². The average Bonchev–Trinajstić information content (AvgIpc) is 2.55. The Morgan fingerprint density at radius 2 is 1.28 bits per heavy atom. The molecule has 0 saturated carbocycles. The molecular formula is C16H18N4O4S. The Morgan fingerprint density at radius 3 is 1.76 bits per heavy atom. The van der Waals surface area contributed by atoms with Crippen LogP contribution in [0.5, 0.6) is 0 Å². The smallest absolute Gasteiger partial charge is 0.318 e. The molecule has 2 rings (SSSR count). The van der Waals surface area contributed by atoms with Crippen molar-refractivity contribution < 1.29 is 18.0 Å². The minimum atomic E-state index is -3.36. The lowest BCUT2D eigenvalue weighted by molar-refractivity contribution is 0.102. The maximum atomic E-state index is 12.2. The van der Waals surface area contributed by atoms with Gasteiger partial charge in [0.05, 0.1) is 6.26 Å². The zero-order valence-corrected chi connectivity index (χ0v) is 14.5. The number of rotatable bonds is 5. The fourth-order valence-electron chi connectivity index (χ4n) is 1.94. The quantitative estimate of drug-likeness (QED) is 0.651. The third-order valence-corrected chi connectivity index (χ3v) is 3.68. The zero-order valence-electron chi connectivity index (χ0n) is 13.7. The lowest BCUT2D eigenvalue weighted by Gasteiger charge is -2.08. The number of carbonyl (C=O) groups is 2. The third-order valence-electron chi connectivity index (χ3n) is 3.08. The Hall–Kier alpha value is -3.07. The average molecular weight is 362 g/mol. The first-order valence-electron chi connectivity index (χ1n) is 7.25. The summed E-state index contributed by atoms with van der Waals surface area (Å²) in [7, 11) is -1.84. The van der Waals surface area contributed by atoms with E-state index in [2.05, 4.69) is 20.7 Å². The Balaban J connectivity index is 2.00. The first-order chi connectivity index (χ1) is 11.8. The Labute approximate surface area is 145 Å². The van der Waals surface area contributed by atoms with Crippen LogP contribution in [0.2, 0.25) is 0 Å². The van der Waals surface area contributed by atoms with Crippen molar-refractivity contribution in [2.75, 3.05) is 28.7 Å². The van der Waals surface area contributed by atoms with E-state index in [0.717, 1.165) is 6.26 Å². The molecule has 0 radical (unpaired) electrons.